The van der Waals surface area contributed by atoms with Crippen molar-refractivity contribution in [1.82, 2.24) is 20.2 Å². The van der Waals surface area contributed by atoms with E-state index >= 15 is 0 Å². The standard InChI is InChI=1S/C20H28N4O3S/c1-4-6-12-24-19(27)15-9-7-8-10-16(15)23-20(24)28-13-17(25)22-14(3)18(26)21-11-5-2/h7-10,14H,4-6,11-13H2,1-3H3,(H,21,26)(H,22,25)/t14-/m0/s1. The molecule has 7 nitrogen and oxygen atoms in total. The summed E-state index contributed by atoms with van der Waals surface area (Å²) in [7, 11) is 0. The highest BCUT2D eigenvalue weighted by Crippen LogP contribution is 2.18. The summed E-state index contributed by atoms with van der Waals surface area (Å²) in [5.74, 6) is -0.389. The predicted octanol–water partition coefficient (Wildman–Crippen LogP) is 2.32. The van der Waals surface area contributed by atoms with Gasteiger partial charge in [-0.15, -0.1) is 0 Å². The Kier molecular flexibility index (Phi) is 8.50. The molecule has 0 saturated carbocycles. The monoisotopic (exact) mass is 404 g/mol. The van der Waals surface area contributed by atoms with E-state index in [-0.39, 0.29) is 23.1 Å². The van der Waals surface area contributed by atoms with Gasteiger partial charge in [0.15, 0.2) is 5.16 Å². The van der Waals surface area contributed by atoms with E-state index in [2.05, 4.69) is 22.5 Å². The van der Waals surface area contributed by atoms with E-state index in [1.807, 2.05) is 19.1 Å². The van der Waals surface area contributed by atoms with Crippen LogP contribution in [0.2, 0.25) is 0 Å². The molecular weight excluding hydrogens is 376 g/mol. The number of hydrogen-bond acceptors (Lipinski definition) is 5. The molecular formula is C20H28N4O3S. The van der Waals surface area contributed by atoms with Crippen molar-refractivity contribution in [2.24, 2.45) is 0 Å². The molecule has 8 heteroatoms. The van der Waals surface area contributed by atoms with Gasteiger partial charge in [-0.1, -0.05) is 44.2 Å². The van der Waals surface area contributed by atoms with Crippen LogP contribution in [0.15, 0.2) is 34.2 Å². The van der Waals surface area contributed by atoms with Crippen molar-refractivity contribution in [1.29, 1.82) is 0 Å². The first-order chi connectivity index (χ1) is 13.5. The van der Waals surface area contributed by atoms with E-state index < -0.39 is 6.04 Å². The van der Waals surface area contributed by atoms with Crippen LogP contribution in [0, 0.1) is 0 Å². The summed E-state index contributed by atoms with van der Waals surface area (Å²) >= 11 is 1.21. The van der Waals surface area contributed by atoms with Crippen LogP contribution in [0.25, 0.3) is 10.9 Å². The molecule has 1 aromatic heterocycles. The smallest absolute Gasteiger partial charge is 0.262 e. The van der Waals surface area contributed by atoms with E-state index in [1.165, 1.54) is 11.8 Å². The van der Waals surface area contributed by atoms with E-state index in [0.29, 0.717) is 29.1 Å². The van der Waals surface area contributed by atoms with Crippen LogP contribution >= 0.6 is 11.8 Å². The topological polar surface area (TPSA) is 93.1 Å². The second kappa shape index (κ2) is 10.8. The van der Waals surface area contributed by atoms with Crippen LogP contribution in [-0.2, 0) is 16.1 Å². The van der Waals surface area contributed by atoms with Gasteiger partial charge in [-0.3, -0.25) is 19.0 Å². The fourth-order valence-corrected chi connectivity index (χ4v) is 3.49. The van der Waals surface area contributed by atoms with Gasteiger partial charge in [0.2, 0.25) is 11.8 Å². The lowest BCUT2D eigenvalue weighted by molar-refractivity contribution is -0.127. The number of nitrogens with one attached hydrogen (secondary N) is 2. The van der Waals surface area contributed by atoms with E-state index in [1.54, 1.807) is 23.6 Å². The molecule has 1 aromatic carbocycles. The van der Waals surface area contributed by atoms with Crippen LogP contribution in [0.4, 0.5) is 0 Å². The van der Waals surface area contributed by atoms with Crippen molar-refractivity contribution in [3.8, 4) is 0 Å². The summed E-state index contributed by atoms with van der Waals surface area (Å²) in [6.45, 7) is 6.82. The molecule has 0 unspecified atom stereocenters. The summed E-state index contributed by atoms with van der Waals surface area (Å²) in [6.07, 6.45) is 2.65. The molecule has 0 aliphatic heterocycles. The van der Waals surface area contributed by atoms with Crippen molar-refractivity contribution in [3.05, 3.63) is 34.6 Å². The first kappa shape index (κ1) is 21.9. The first-order valence-electron chi connectivity index (χ1n) is 9.67. The third-order valence-corrected chi connectivity index (χ3v) is 5.19. The van der Waals surface area contributed by atoms with E-state index in [0.717, 1.165) is 19.3 Å². The first-order valence-corrected chi connectivity index (χ1v) is 10.7. The molecule has 1 atom stereocenters. The van der Waals surface area contributed by atoms with Gasteiger partial charge in [-0.05, 0) is 31.9 Å². The Morgan fingerprint density at radius 2 is 1.96 bits per heavy atom. The zero-order valence-corrected chi connectivity index (χ0v) is 17.5. The summed E-state index contributed by atoms with van der Waals surface area (Å²) in [5.41, 5.74) is 0.532. The Hall–Kier alpha value is -2.35. The van der Waals surface area contributed by atoms with Gasteiger partial charge in [-0.25, -0.2) is 4.98 Å². The number of thioether (sulfide) groups is 1. The number of carbonyl (C=O) groups excluding carboxylic acids is 2. The highest BCUT2D eigenvalue weighted by molar-refractivity contribution is 7.99. The number of carbonyl (C=O) groups is 2. The molecule has 0 aliphatic carbocycles. The largest absolute Gasteiger partial charge is 0.354 e. The highest BCUT2D eigenvalue weighted by atomic mass is 32.2. The number of unbranched alkanes of at least 4 members (excludes halogenated alkanes) is 1. The number of amides is 2. The Morgan fingerprint density at radius 1 is 1.21 bits per heavy atom. The molecule has 0 radical (unpaired) electrons. The molecule has 2 N–H and O–H groups in total. The van der Waals surface area contributed by atoms with Gasteiger partial charge in [0.1, 0.15) is 6.04 Å². The van der Waals surface area contributed by atoms with Crippen molar-refractivity contribution < 1.29 is 9.59 Å². The second-order valence-electron chi connectivity index (χ2n) is 6.59. The SMILES string of the molecule is CCCCn1c(SCC(=O)N[C@@H](C)C(=O)NCCC)nc2ccccc2c1=O. The molecule has 152 valence electrons. The highest BCUT2D eigenvalue weighted by Gasteiger charge is 2.17. The van der Waals surface area contributed by atoms with Crippen molar-refractivity contribution in [3.63, 3.8) is 0 Å². The number of fused-ring (bicyclic) bond motifs is 1. The number of nitrogens with zero attached hydrogens (tertiary/aromatic N) is 2. The zero-order chi connectivity index (χ0) is 20.5. The minimum atomic E-state index is -0.605. The van der Waals surface area contributed by atoms with Crippen LogP contribution in [0.1, 0.15) is 40.0 Å². The Bertz CT molecular complexity index is 881. The van der Waals surface area contributed by atoms with Crippen LogP contribution < -0.4 is 16.2 Å². The molecule has 1 heterocycles. The zero-order valence-electron chi connectivity index (χ0n) is 16.7. The average Bonchev–Trinajstić information content (AvgIpc) is 2.69. The number of benzene rings is 1. The molecule has 0 bridgehead atoms. The van der Waals surface area contributed by atoms with Crippen LogP contribution in [0.5, 0.6) is 0 Å². The second-order valence-corrected chi connectivity index (χ2v) is 7.53. The van der Waals surface area contributed by atoms with E-state index in [9.17, 15) is 14.4 Å². The maximum absolute atomic E-state index is 12.8. The minimum Gasteiger partial charge on any atom is -0.354 e. The molecule has 0 saturated heterocycles. The predicted molar refractivity (Wildman–Crippen MR) is 113 cm³/mol. The summed E-state index contributed by atoms with van der Waals surface area (Å²) in [6, 6.07) is 6.62. The van der Waals surface area contributed by atoms with Gasteiger partial charge in [0, 0.05) is 13.1 Å². The molecule has 2 amide bonds. The van der Waals surface area contributed by atoms with Gasteiger partial charge in [0.05, 0.1) is 16.7 Å². The molecule has 2 aromatic rings. The number of para-hydroxylation sites is 1. The molecule has 2 rings (SSSR count). The lowest BCUT2D eigenvalue weighted by atomic mass is 10.2. The van der Waals surface area contributed by atoms with Gasteiger partial charge in [0.25, 0.3) is 5.56 Å². The van der Waals surface area contributed by atoms with Crippen LogP contribution in [-0.4, -0.2) is 39.7 Å². The number of rotatable bonds is 10. The minimum absolute atomic E-state index is 0.0856. The third kappa shape index (κ3) is 5.82. The fraction of sp³-hybridized carbons (Fsp3) is 0.500. The molecule has 0 aliphatic rings. The lowest BCUT2D eigenvalue weighted by Crippen LogP contribution is -2.45. The molecule has 0 fully saturated rings. The summed E-state index contributed by atoms with van der Waals surface area (Å²) in [5, 5.41) is 6.54. The summed E-state index contributed by atoms with van der Waals surface area (Å²) < 4.78 is 1.64. The molecule has 0 spiro atoms. The quantitative estimate of drug-likeness (QED) is 0.468. The van der Waals surface area contributed by atoms with E-state index in [4.69, 9.17) is 0 Å². The van der Waals surface area contributed by atoms with Gasteiger partial charge in [-0.2, -0.15) is 0 Å². The van der Waals surface area contributed by atoms with Crippen molar-refractivity contribution >= 4 is 34.5 Å². The van der Waals surface area contributed by atoms with Crippen molar-refractivity contribution in [2.75, 3.05) is 12.3 Å². The fourth-order valence-electron chi connectivity index (χ4n) is 2.65. The maximum atomic E-state index is 12.8. The average molecular weight is 405 g/mol. The Labute approximate surface area is 169 Å². The Balaban J connectivity index is 2.11. The normalized spacial score (nSPS) is 12.0. The van der Waals surface area contributed by atoms with Gasteiger partial charge < -0.3 is 10.6 Å². The van der Waals surface area contributed by atoms with Crippen molar-refractivity contribution in [2.45, 2.75) is 57.8 Å². The molecule has 28 heavy (non-hydrogen) atoms. The number of hydrogen-bond donors (Lipinski definition) is 2. The summed E-state index contributed by atoms with van der Waals surface area (Å²) in [4.78, 5) is 41.5. The third-order valence-electron chi connectivity index (χ3n) is 4.21. The van der Waals surface area contributed by atoms with Gasteiger partial charge >= 0.3 is 0 Å². The number of aromatic nitrogens is 2. The maximum Gasteiger partial charge on any atom is 0.262 e. The van der Waals surface area contributed by atoms with Crippen LogP contribution in [0.3, 0.4) is 0 Å². The Morgan fingerprint density at radius 3 is 2.68 bits per heavy atom. The lowest BCUT2D eigenvalue weighted by Gasteiger charge is -2.15.